The molecule has 0 bridgehead atoms. The third-order valence-corrected chi connectivity index (χ3v) is 6.03. The van der Waals surface area contributed by atoms with Gasteiger partial charge in [-0.1, -0.05) is 11.6 Å². The molecule has 1 N–H and O–H groups in total. The molecular weight excluding hydrogens is 450 g/mol. The van der Waals surface area contributed by atoms with E-state index in [1.54, 1.807) is 9.58 Å². The van der Waals surface area contributed by atoms with Crippen molar-refractivity contribution in [3.05, 3.63) is 45.7 Å². The summed E-state index contributed by atoms with van der Waals surface area (Å²) in [6, 6.07) is 3.98. The number of halogens is 1. The van der Waals surface area contributed by atoms with Gasteiger partial charge >= 0.3 is 18.0 Å². The molecule has 2 aromatic rings. The molecule has 0 saturated carbocycles. The predicted molar refractivity (Wildman–Crippen MR) is 123 cm³/mol. The second kappa shape index (κ2) is 10.7. The minimum Gasteiger partial charge on any atom is -0.465 e. The largest absolute Gasteiger partial charge is 0.465 e. The maximum Gasteiger partial charge on any atom is 0.337 e. The molecule has 2 heterocycles. The molecule has 0 atom stereocenters. The standard InChI is InChI=1S/C22H28ClN5O5/c1-14-18(19(23)26(2)25-14)13-27-6-5-7-28(9-8-27)22(31)24-17-11-15(20(29)32-3)10-16(12-17)21(30)33-4/h10-12H,5-9,13H2,1-4H3,(H,24,31). The molecule has 2 amide bonds. The van der Waals surface area contributed by atoms with E-state index in [2.05, 4.69) is 15.3 Å². The van der Waals surface area contributed by atoms with Gasteiger partial charge in [-0.15, -0.1) is 0 Å². The number of anilines is 1. The molecule has 1 fully saturated rings. The van der Waals surface area contributed by atoms with Crippen LogP contribution in [0.5, 0.6) is 0 Å². The molecule has 1 saturated heterocycles. The van der Waals surface area contributed by atoms with E-state index in [0.29, 0.717) is 37.0 Å². The molecule has 0 radical (unpaired) electrons. The molecule has 0 spiro atoms. The number of nitrogens with one attached hydrogen (secondary N) is 1. The topological polar surface area (TPSA) is 106 Å². The van der Waals surface area contributed by atoms with Crippen molar-refractivity contribution in [3.8, 4) is 0 Å². The van der Waals surface area contributed by atoms with Crippen LogP contribution in [0, 0.1) is 6.92 Å². The SMILES string of the molecule is COC(=O)c1cc(NC(=O)N2CCCN(Cc3c(C)nn(C)c3Cl)CC2)cc(C(=O)OC)c1. The zero-order chi connectivity index (χ0) is 24.1. The van der Waals surface area contributed by atoms with E-state index in [1.165, 1.54) is 32.4 Å². The van der Waals surface area contributed by atoms with Gasteiger partial charge in [0.2, 0.25) is 0 Å². The molecule has 1 aliphatic heterocycles. The minimum absolute atomic E-state index is 0.140. The Bertz CT molecular complexity index is 1020. The zero-order valence-corrected chi connectivity index (χ0v) is 19.9. The van der Waals surface area contributed by atoms with Gasteiger partial charge in [-0.3, -0.25) is 9.58 Å². The molecule has 1 aromatic heterocycles. The van der Waals surface area contributed by atoms with E-state index in [9.17, 15) is 14.4 Å². The molecule has 178 valence electrons. The molecule has 1 aliphatic rings. The molecular formula is C22H28ClN5O5. The van der Waals surface area contributed by atoms with E-state index >= 15 is 0 Å². The minimum atomic E-state index is -0.619. The summed E-state index contributed by atoms with van der Waals surface area (Å²) in [5, 5.41) is 7.76. The predicted octanol–water partition coefficient (Wildman–Crippen LogP) is 2.69. The Hall–Kier alpha value is -3.11. The third kappa shape index (κ3) is 5.82. The Morgan fingerprint density at radius 1 is 1.03 bits per heavy atom. The summed E-state index contributed by atoms with van der Waals surface area (Å²) in [4.78, 5) is 40.8. The van der Waals surface area contributed by atoms with E-state index < -0.39 is 11.9 Å². The van der Waals surface area contributed by atoms with Crippen molar-refractivity contribution in [3.63, 3.8) is 0 Å². The summed E-state index contributed by atoms with van der Waals surface area (Å²) >= 11 is 6.37. The van der Waals surface area contributed by atoms with Gasteiger partial charge in [0, 0.05) is 51.0 Å². The van der Waals surface area contributed by atoms with Crippen LogP contribution >= 0.6 is 11.6 Å². The third-order valence-electron chi connectivity index (χ3n) is 5.55. The fourth-order valence-electron chi connectivity index (χ4n) is 3.78. The highest BCUT2D eigenvalue weighted by atomic mass is 35.5. The number of aromatic nitrogens is 2. The summed E-state index contributed by atoms with van der Waals surface area (Å²) in [6.45, 7) is 5.18. The number of ether oxygens (including phenoxy) is 2. The number of carbonyl (C=O) groups excluding carboxylic acids is 3. The summed E-state index contributed by atoms with van der Waals surface area (Å²) in [6.07, 6.45) is 0.792. The Labute approximate surface area is 197 Å². The van der Waals surface area contributed by atoms with E-state index in [-0.39, 0.29) is 17.2 Å². The van der Waals surface area contributed by atoms with Crippen molar-refractivity contribution in [2.24, 2.45) is 7.05 Å². The lowest BCUT2D eigenvalue weighted by atomic mass is 10.1. The average molecular weight is 478 g/mol. The summed E-state index contributed by atoms with van der Waals surface area (Å²) in [7, 11) is 4.30. The number of esters is 2. The maximum absolute atomic E-state index is 12.9. The average Bonchev–Trinajstić information content (AvgIpc) is 2.97. The van der Waals surface area contributed by atoms with Crippen LogP contribution in [0.1, 0.15) is 38.4 Å². The second-order valence-electron chi connectivity index (χ2n) is 7.81. The molecule has 10 nitrogen and oxygen atoms in total. The molecule has 0 unspecified atom stereocenters. The van der Waals surface area contributed by atoms with Crippen molar-refractivity contribution in [1.29, 1.82) is 0 Å². The first-order valence-corrected chi connectivity index (χ1v) is 10.9. The van der Waals surface area contributed by atoms with Gasteiger partial charge in [-0.2, -0.15) is 5.10 Å². The fourth-order valence-corrected chi connectivity index (χ4v) is 4.02. The van der Waals surface area contributed by atoms with E-state index in [4.69, 9.17) is 21.1 Å². The van der Waals surface area contributed by atoms with Gasteiger partial charge in [0.05, 0.1) is 31.0 Å². The number of hydrogen-bond acceptors (Lipinski definition) is 7. The Morgan fingerprint density at radius 3 is 2.21 bits per heavy atom. The normalized spacial score (nSPS) is 14.5. The number of aryl methyl sites for hydroxylation is 2. The molecule has 1 aromatic carbocycles. The number of methoxy groups -OCH3 is 2. The van der Waals surface area contributed by atoms with Crippen molar-refractivity contribution < 1.29 is 23.9 Å². The summed E-state index contributed by atoms with van der Waals surface area (Å²) in [5.74, 6) is -1.24. The maximum atomic E-state index is 12.9. The number of hydrogen-bond donors (Lipinski definition) is 1. The van der Waals surface area contributed by atoms with Gasteiger partial charge in [0.1, 0.15) is 5.15 Å². The number of benzene rings is 1. The first kappa shape index (κ1) is 24.5. The first-order chi connectivity index (χ1) is 15.7. The highest BCUT2D eigenvalue weighted by Crippen LogP contribution is 2.22. The van der Waals surface area contributed by atoms with Crippen LogP contribution in [0.25, 0.3) is 0 Å². The molecule has 3 rings (SSSR count). The van der Waals surface area contributed by atoms with Crippen LogP contribution in [0.2, 0.25) is 5.15 Å². The monoisotopic (exact) mass is 477 g/mol. The van der Waals surface area contributed by atoms with Crippen molar-refractivity contribution in [2.45, 2.75) is 19.9 Å². The van der Waals surface area contributed by atoms with Gasteiger partial charge in [-0.25, -0.2) is 14.4 Å². The van der Waals surface area contributed by atoms with Crippen LogP contribution in [-0.4, -0.2) is 77.9 Å². The molecule has 33 heavy (non-hydrogen) atoms. The second-order valence-corrected chi connectivity index (χ2v) is 8.17. The lowest BCUT2D eigenvalue weighted by Gasteiger charge is -2.22. The van der Waals surface area contributed by atoms with Crippen LogP contribution < -0.4 is 5.32 Å². The zero-order valence-electron chi connectivity index (χ0n) is 19.2. The summed E-state index contributed by atoms with van der Waals surface area (Å²) in [5.41, 5.74) is 2.48. The Morgan fingerprint density at radius 2 is 1.67 bits per heavy atom. The summed E-state index contributed by atoms with van der Waals surface area (Å²) < 4.78 is 11.1. The lowest BCUT2D eigenvalue weighted by Crippen LogP contribution is -2.38. The van der Waals surface area contributed by atoms with Gasteiger partial charge in [-0.05, 0) is 31.5 Å². The quantitative estimate of drug-likeness (QED) is 0.660. The van der Waals surface area contributed by atoms with Crippen LogP contribution in [0.4, 0.5) is 10.5 Å². The number of nitrogens with zero attached hydrogens (tertiary/aromatic N) is 4. The van der Waals surface area contributed by atoms with Gasteiger partial charge in [0.15, 0.2) is 0 Å². The Balaban J connectivity index is 1.68. The number of carbonyl (C=O) groups is 3. The fraction of sp³-hybridized carbons (Fsp3) is 0.455. The smallest absolute Gasteiger partial charge is 0.337 e. The first-order valence-electron chi connectivity index (χ1n) is 10.5. The van der Waals surface area contributed by atoms with Crippen molar-refractivity contribution in [1.82, 2.24) is 19.6 Å². The van der Waals surface area contributed by atoms with E-state index in [0.717, 1.165) is 24.2 Å². The number of rotatable bonds is 5. The lowest BCUT2D eigenvalue weighted by molar-refractivity contribution is 0.0599. The highest BCUT2D eigenvalue weighted by Gasteiger charge is 2.22. The van der Waals surface area contributed by atoms with Crippen LogP contribution in [0.3, 0.4) is 0 Å². The Kier molecular flexibility index (Phi) is 7.93. The van der Waals surface area contributed by atoms with Crippen LogP contribution in [-0.2, 0) is 23.1 Å². The molecule has 0 aliphatic carbocycles. The number of amides is 2. The van der Waals surface area contributed by atoms with E-state index in [1.807, 2.05) is 14.0 Å². The van der Waals surface area contributed by atoms with Gasteiger partial charge in [0.25, 0.3) is 0 Å². The highest BCUT2D eigenvalue weighted by molar-refractivity contribution is 6.30. The van der Waals surface area contributed by atoms with Crippen molar-refractivity contribution >= 4 is 35.3 Å². The number of urea groups is 1. The van der Waals surface area contributed by atoms with Gasteiger partial charge < -0.3 is 19.7 Å². The van der Waals surface area contributed by atoms with Crippen molar-refractivity contribution in [2.75, 3.05) is 45.7 Å². The molecule has 11 heteroatoms. The van der Waals surface area contributed by atoms with Crippen LogP contribution in [0.15, 0.2) is 18.2 Å².